The van der Waals surface area contributed by atoms with E-state index in [0.717, 1.165) is 0 Å². The van der Waals surface area contributed by atoms with Gasteiger partial charge in [0.1, 0.15) is 6.04 Å². The fourth-order valence-electron chi connectivity index (χ4n) is 2.35. The van der Waals surface area contributed by atoms with Crippen molar-refractivity contribution < 1.29 is 19.5 Å². The van der Waals surface area contributed by atoms with E-state index < -0.39 is 12.0 Å². The van der Waals surface area contributed by atoms with Crippen LogP contribution in [0, 0.1) is 0 Å². The molecule has 1 aromatic carbocycles. The van der Waals surface area contributed by atoms with Gasteiger partial charge in [-0.15, -0.1) is 0 Å². The lowest BCUT2D eigenvalue weighted by Crippen LogP contribution is -2.45. The van der Waals surface area contributed by atoms with Crippen molar-refractivity contribution in [3.05, 3.63) is 30.3 Å². The molecular formula is C15H18N2O4. The number of aliphatic carboxylic acids is 1. The van der Waals surface area contributed by atoms with Crippen LogP contribution in [0.25, 0.3) is 0 Å². The lowest BCUT2D eigenvalue weighted by atomic mass is 10.1. The number of carboxylic acid groups (broad SMARTS) is 1. The average molecular weight is 290 g/mol. The lowest BCUT2D eigenvalue weighted by molar-refractivity contribution is -0.137. The summed E-state index contributed by atoms with van der Waals surface area (Å²) in [6, 6.07) is 8.58. The zero-order chi connectivity index (χ0) is 15.2. The van der Waals surface area contributed by atoms with Gasteiger partial charge in [-0.05, 0) is 25.0 Å². The minimum atomic E-state index is -0.885. The van der Waals surface area contributed by atoms with Crippen LogP contribution in [0.2, 0.25) is 0 Å². The van der Waals surface area contributed by atoms with E-state index in [2.05, 4.69) is 5.32 Å². The van der Waals surface area contributed by atoms with Crippen LogP contribution in [0.5, 0.6) is 0 Å². The highest BCUT2D eigenvalue weighted by Crippen LogP contribution is 2.18. The first-order chi connectivity index (χ1) is 10.1. The largest absolute Gasteiger partial charge is 0.481 e. The zero-order valence-electron chi connectivity index (χ0n) is 11.6. The Morgan fingerprint density at radius 3 is 2.57 bits per heavy atom. The van der Waals surface area contributed by atoms with Gasteiger partial charge in [-0.1, -0.05) is 18.2 Å². The second-order valence-corrected chi connectivity index (χ2v) is 4.98. The zero-order valence-corrected chi connectivity index (χ0v) is 11.6. The van der Waals surface area contributed by atoms with Crippen LogP contribution < -0.4 is 10.2 Å². The van der Waals surface area contributed by atoms with Crippen LogP contribution in [0.1, 0.15) is 25.7 Å². The molecule has 0 aliphatic carbocycles. The molecule has 1 fully saturated rings. The third kappa shape index (κ3) is 4.05. The van der Waals surface area contributed by atoms with Gasteiger partial charge in [-0.2, -0.15) is 0 Å². The normalized spacial score (nSPS) is 17.3. The Bertz CT molecular complexity index is 530. The van der Waals surface area contributed by atoms with Crippen molar-refractivity contribution in [3.63, 3.8) is 0 Å². The Morgan fingerprint density at radius 1 is 1.29 bits per heavy atom. The fraction of sp³-hybridized carbons (Fsp3) is 0.400. The van der Waals surface area contributed by atoms with E-state index in [4.69, 9.17) is 5.11 Å². The highest BCUT2D eigenvalue weighted by Gasteiger charge is 2.31. The van der Waals surface area contributed by atoms with E-state index in [1.165, 1.54) is 0 Å². The Hall–Kier alpha value is -2.37. The molecule has 0 spiro atoms. The van der Waals surface area contributed by atoms with Crippen LogP contribution in [0.3, 0.4) is 0 Å². The summed E-state index contributed by atoms with van der Waals surface area (Å²) < 4.78 is 0. The monoisotopic (exact) mass is 290 g/mol. The Kier molecular flexibility index (Phi) is 4.92. The van der Waals surface area contributed by atoms with E-state index in [0.29, 0.717) is 31.5 Å². The summed E-state index contributed by atoms with van der Waals surface area (Å²) in [6.07, 6.45) is 1.22. The molecule has 2 rings (SSSR count). The summed E-state index contributed by atoms with van der Waals surface area (Å²) in [6.45, 7) is 0.321. The Morgan fingerprint density at radius 2 is 2.00 bits per heavy atom. The quantitative estimate of drug-likeness (QED) is 0.823. The molecule has 0 unspecified atom stereocenters. The van der Waals surface area contributed by atoms with Gasteiger partial charge in [0.25, 0.3) is 0 Å². The molecule has 0 bridgehead atoms. The minimum absolute atomic E-state index is 0.00758. The third-order valence-corrected chi connectivity index (χ3v) is 3.40. The van der Waals surface area contributed by atoms with E-state index in [9.17, 15) is 14.4 Å². The SMILES string of the molecule is O=C(O)CCCN(C(=O)[C@@H]1CCC(=O)N1)c1ccccc1. The minimum Gasteiger partial charge on any atom is -0.481 e. The number of benzene rings is 1. The molecule has 0 aromatic heterocycles. The first-order valence-corrected chi connectivity index (χ1v) is 6.95. The molecule has 1 atom stereocenters. The summed E-state index contributed by atoms with van der Waals surface area (Å²) in [5.41, 5.74) is 0.717. The molecule has 0 saturated carbocycles. The number of hydrogen-bond acceptors (Lipinski definition) is 3. The van der Waals surface area contributed by atoms with E-state index in [1.54, 1.807) is 17.0 Å². The molecule has 0 radical (unpaired) electrons. The Labute approximate surface area is 122 Å². The first-order valence-electron chi connectivity index (χ1n) is 6.95. The second kappa shape index (κ2) is 6.88. The number of hydrogen-bond donors (Lipinski definition) is 2. The molecule has 2 amide bonds. The summed E-state index contributed by atoms with van der Waals surface area (Å²) in [5, 5.41) is 11.4. The maximum atomic E-state index is 12.5. The number of nitrogens with one attached hydrogen (secondary N) is 1. The van der Waals surface area contributed by atoms with E-state index in [1.807, 2.05) is 18.2 Å². The van der Waals surface area contributed by atoms with Gasteiger partial charge in [0, 0.05) is 25.1 Å². The third-order valence-electron chi connectivity index (χ3n) is 3.40. The fourth-order valence-corrected chi connectivity index (χ4v) is 2.35. The molecule has 21 heavy (non-hydrogen) atoms. The van der Waals surface area contributed by atoms with Gasteiger partial charge < -0.3 is 15.3 Å². The standard InChI is InChI=1S/C15H18N2O4/c18-13-9-8-12(16-13)15(21)17(10-4-7-14(19)20)11-5-2-1-3-6-11/h1-3,5-6,12H,4,7-10H2,(H,16,18)(H,19,20)/t12-/m0/s1. The number of carbonyl (C=O) groups excluding carboxylic acids is 2. The molecule has 1 aliphatic rings. The van der Waals surface area contributed by atoms with Gasteiger partial charge >= 0.3 is 5.97 Å². The van der Waals surface area contributed by atoms with Crippen molar-refractivity contribution in [1.29, 1.82) is 0 Å². The van der Waals surface area contributed by atoms with Gasteiger partial charge in [0.15, 0.2) is 0 Å². The highest BCUT2D eigenvalue weighted by atomic mass is 16.4. The molecule has 6 heteroatoms. The summed E-state index contributed by atoms with van der Waals surface area (Å²) >= 11 is 0. The molecule has 1 aromatic rings. The van der Waals surface area contributed by atoms with Crippen molar-refractivity contribution in [2.75, 3.05) is 11.4 Å². The smallest absolute Gasteiger partial charge is 0.303 e. The van der Waals surface area contributed by atoms with E-state index >= 15 is 0 Å². The number of nitrogens with zero attached hydrogens (tertiary/aromatic N) is 1. The van der Waals surface area contributed by atoms with Crippen LogP contribution in [0.4, 0.5) is 5.69 Å². The number of carbonyl (C=O) groups is 3. The predicted molar refractivity (Wildman–Crippen MR) is 76.8 cm³/mol. The molecule has 1 saturated heterocycles. The molecule has 6 nitrogen and oxygen atoms in total. The van der Waals surface area contributed by atoms with Crippen molar-refractivity contribution >= 4 is 23.5 Å². The average Bonchev–Trinajstić information content (AvgIpc) is 2.90. The first kappa shape index (κ1) is 15.0. The van der Waals surface area contributed by atoms with Crippen molar-refractivity contribution in [2.45, 2.75) is 31.7 Å². The van der Waals surface area contributed by atoms with Gasteiger partial charge in [-0.25, -0.2) is 0 Å². The maximum Gasteiger partial charge on any atom is 0.303 e. The van der Waals surface area contributed by atoms with Crippen molar-refractivity contribution in [1.82, 2.24) is 5.32 Å². The van der Waals surface area contributed by atoms with Crippen LogP contribution >= 0.6 is 0 Å². The van der Waals surface area contributed by atoms with Crippen LogP contribution in [-0.4, -0.2) is 35.5 Å². The topological polar surface area (TPSA) is 86.7 Å². The van der Waals surface area contributed by atoms with Gasteiger partial charge in [-0.3, -0.25) is 14.4 Å². The second-order valence-electron chi connectivity index (χ2n) is 4.98. The highest BCUT2D eigenvalue weighted by molar-refractivity contribution is 6.00. The van der Waals surface area contributed by atoms with Gasteiger partial charge in [0.2, 0.25) is 11.8 Å². The molecule has 2 N–H and O–H groups in total. The summed E-state index contributed by atoms with van der Waals surface area (Å²) in [7, 11) is 0. The molecular weight excluding hydrogens is 272 g/mol. The van der Waals surface area contributed by atoms with Crippen LogP contribution in [0.15, 0.2) is 30.3 Å². The molecule has 1 heterocycles. The summed E-state index contributed by atoms with van der Waals surface area (Å²) in [4.78, 5) is 36.0. The van der Waals surface area contributed by atoms with E-state index in [-0.39, 0.29) is 18.2 Å². The number of rotatable bonds is 6. The Balaban J connectivity index is 2.09. The maximum absolute atomic E-state index is 12.5. The number of para-hydroxylation sites is 1. The number of anilines is 1. The van der Waals surface area contributed by atoms with Crippen molar-refractivity contribution in [2.24, 2.45) is 0 Å². The van der Waals surface area contributed by atoms with Crippen molar-refractivity contribution in [3.8, 4) is 0 Å². The number of carboxylic acids is 1. The number of amides is 2. The molecule has 112 valence electrons. The lowest BCUT2D eigenvalue weighted by Gasteiger charge is -2.25. The summed E-state index contributed by atoms with van der Waals surface area (Å²) in [5.74, 6) is -1.19. The van der Waals surface area contributed by atoms with Gasteiger partial charge in [0.05, 0.1) is 0 Å². The molecule has 1 aliphatic heterocycles. The van der Waals surface area contributed by atoms with Crippen LogP contribution in [-0.2, 0) is 14.4 Å². The predicted octanol–water partition coefficient (Wildman–Crippen LogP) is 1.16.